The zero-order chi connectivity index (χ0) is 19.9. The van der Waals surface area contributed by atoms with E-state index in [9.17, 15) is 18.0 Å². The third-order valence-corrected chi connectivity index (χ3v) is 4.76. The number of hydrogen-bond acceptors (Lipinski definition) is 5. The number of amides is 1. The van der Waals surface area contributed by atoms with Gasteiger partial charge in [-0.3, -0.25) is 4.79 Å². The van der Waals surface area contributed by atoms with Crippen LogP contribution in [-0.4, -0.2) is 35.2 Å². The normalized spacial score (nSPS) is 20.4. The summed E-state index contributed by atoms with van der Waals surface area (Å²) in [7, 11) is 0. The Kier molecular flexibility index (Phi) is 4.56. The number of rotatable bonds is 4. The van der Waals surface area contributed by atoms with Gasteiger partial charge in [0.25, 0.3) is 5.91 Å². The molecule has 150 valence electrons. The van der Waals surface area contributed by atoms with Crippen LogP contribution < -0.4 is 20.1 Å². The maximum absolute atomic E-state index is 13.7. The molecule has 1 aromatic carbocycles. The van der Waals surface area contributed by atoms with Gasteiger partial charge in [-0.1, -0.05) is 13.0 Å². The Morgan fingerprint density at radius 3 is 2.86 bits per heavy atom. The van der Waals surface area contributed by atoms with Crippen LogP contribution in [0.2, 0.25) is 0 Å². The summed E-state index contributed by atoms with van der Waals surface area (Å²) in [6.45, 7) is 2.40. The van der Waals surface area contributed by atoms with Crippen LogP contribution in [-0.2, 0) is 0 Å². The van der Waals surface area contributed by atoms with Gasteiger partial charge in [-0.15, -0.1) is 0 Å². The lowest BCUT2D eigenvalue weighted by Crippen LogP contribution is -2.35. The van der Waals surface area contributed by atoms with Crippen molar-refractivity contribution in [3.8, 4) is 11.5 Å². The molecule has 0 fully saturated rings. The molecule has 1 amide bonds. The molecule has 0 aliphatic carbocycles. The summed E-state index contributed by atoms with van der Waals surface area (Å²) in [4.78, 5) is 12.1. The molecule has 4 rings (SSSR count). The zero-order valence-corrected chi connectivity index (χ0v) is 15.0. The van der Waals surface area contributed by atoms with Crippen LogP contribution in [0, 0.1) is 0 Å². The van der Waals surface area contributed by atoms with Crippen LogP contribution >= 0.6 is 0 Å². The molecule has 0 saturated heterocycles. The highest BCUT2D eigenvalue weighted by Gasteiger charge is 2.47. The number of nitrogens with one attached hydrogen (secondary N) is 2. The number of fused-ring (bicyclic) bond motifs is 2. The Balaban J connectivity index is 1.66. The largest absolute Gasteiger partial charge is 0.454 e. The van der Waals surface area contributed by atoms with Crippen LogP contribution in [0.25, 0.3) is 0 Å². The number of carbonyl (C=O) groups is 1. The Morgan fingerprint density at radius 1 is 1.32 bits per heavy atom. The minimum atomic E-state index is -4.51. The Morgan fingerprint density at radius 2 is 2.11 bits per heavy atom. The van der Waals surface area contributed by atoms with Crippen molar-refractivity contribution in [3.05, 3.63) is 35.5 Å². The molecule has 2 N–H and O–H groups in total. The van der Waals surface area contributed by atoms with E-state index in [1.54, 1.807) is 18.2 Å². The van der Waals surface area contributed by atoms with E-state index in [2.05, 4.69) is 15.7 Å². The van der Waals surface area contributed by atoms with Gasteiger partial charge in [0, 0.05) is 19.0 Å². The second-order valence-corrected chi connectivity index (χ2v) is 6.72. The summed E-state index contributed by atoms with van der Waals surface area (Å²) in [6, 6.07) is 3.96. The average Bonchev–Trinajstić information content (AvgIpc) is 3.30. The van der Waals surface area contributed by atoms with Gasteiger partial charge in [0.2, 0.25) is 6.79 Å². The first kappa shape index (κ1) is 18.5. The first-order valence-corrected chi connectivity index (χ1v) is 8.97. The summed E-state index contributed by atoms with van der Waals surface area (Å²) in [5.41, 5.74) is 0.597. The number of ether oxygens (including phenoxy) is 2. The fourth-order valence-corrected chi connectivity index (χ4v) is 3.36. The van der Waals surface area contributed by atoms with Crippen LogP contribution in [0.3, 0.4) is 0 Å². The fraction of sp³-hybridized carbons (Fsp3) is 0.444. The van der Waals surface area contributed by atoms with Gasteiger partial charge in [0.05, 0.1) is 6.04 Å². The van der Waals surface area contributed by atoms with E-state index < -0.39 is 24.2 Å². The summed E-state index contributed by atoms with van der Waals surface area (Å²) in [5.74, 6) is 0.720. The Hall–Kier alpha value is -2.91. The summed E-state index contributed by atoms with van der Waals surface area (Å²) >= 11 is 0. The molecule has 2 unspecified atom stereocenters. The number of halogens is 3. The van der Waals surface area contributed by atoms with Crippen molar-refractivity contribution in [2.75, 3.05) is 18.7 Å². The van der Waals surface area contributed by atoms with Crippen LogP contribution in [0.1, 0.15) is 47.9 Å². The third kappa shape index (κ3) is 3.34. The zero-order valence-electron chi connectivity index (χ0n) is 15.0. The minimum Gasteiger partial charge on any atom is -0.454 e. The summed E-state index contributed by atoms with van der Waals surface area (Å²) in [5, 5.41) is 9.61. The lowest BCUT2D eigenvalue weighted by atomic mass is 9.96. The van der Waals surface area contributed by atoms with E-state index >= 15 is 0 Å². The molecule has 1 aromatic heterocycles. The molecule has 0 saturated carbocycles. The van der Waals surface area contributed by atoms with Crippen molar-refractivity contribution in [1.82, 2.24) is 15.1 Å². The van der Waals surface area contributed by atoms with Crippen molar-refractivity contribution in [2.45, 2.75) is 38.0 Å². The molecular weight excluding hydrogens is 377 g/mol. The molecule has 10 heteroatoms. The number of aromatic nitrogens is 2. The maximum atomic E-state index is 13.7. The summed E-state index contributed by atoms with van der Waals surface area (Å²) < 4.78 is 52.6. The second kappa shape index (κ2) is 6.92. The van der Waals surface area contributed by atoms with E-state index in [0.29, 0.717) is 23.6 Å². The molecule has 2 aliphatic rings. The van der Waals surface area contributed by atoms with E-state index in [0.717, 1.165) is 11.1 Å². The third-order valence-electron chi connectivity index (χ3n) is 4.76. The molecule has 0 spiro atoms. The average molecular weight is 396 g/mol. The molecule has 28 heavy (non-hydrogen) atoms. The summed E-state index contributed by atoms with van der Waals surface area (Å²) in [6.07, 6.45) is -4.04. The van der Waals surface area contributed by atoms with E-state index in [1.165, 1.54) is 6.07 Å². The van der Waals surface area contributed by atoms with Crippen molar-refractivity contribution in [1.29, 1.82) is 0 Å². The predicted octanol–water partition coefficient (Wildman–Crippen LogP) is 3.41. The predicted molar refractivity (Wildman–Crippen MR) is 93.5 cm³/mol. The van der Waals surface area contributed by atoms with Gasteiger partial charge < -0.3 is 20.1 Å². The van der Waals surface area contributed by atoms with Crippen LogP contribution in [0.5, 0.6) is 11.5 Å². The van der Waals surface area contributed by atoms with Crippen LogP contribution in [0.4, 0.5) is 19.0 Å². The molecule has 3 heterocycles. The SMILES string of the molecule is CCCNC(=O)c1cc2n(n1)C(C(F)(F)F)CC(c1ccc3c(c1)OCO3)N2. The maximum Gasteiger partial charge on any atom is 0.410 e. The minimum absolute atomic E-state index is 0.0449. The van der Waals surface area contributed by atoms with Gasteiger partial charge >= 0.3 is 6.18 Å². The lowest BCUT2D eigenvalue weighted by Gasteiger charge is -2.33. The molecule has 0 bridgehead atoms. The van der Waals surface area contributed by atoms with Gasteiger partial charge in [-0.05, 0) is 24.1 Å². The van der Waals surface area contributed by atoms with Crippen molar-refractivity contribution < 1.29 is 27.4 Å². The number of hydrogen-bond donors (Lipinski definition) is 2. The first-order valence-electron chi connectivity index (χ1n) is 8.97. The highest BCUT2D eigenvalue weighted by molar-refractivity contribution is 5.93. The monoisotopic (exact) mass is 396 g/mol. The standard InChI is InChI=1S/C18H19F3N4O3/c1-2-5-22-17(26)12-8-16-23-11(7-15(18(19,20)21)25(16)24-12)10-3-4-13-14(6-10)28-9-27-13/h3-4,6,8,11,15,23H,2,5,7,9H2,1H3,(H,22,26). The van der Waals surface area contributed by atoms with Gasteiger partial charge in [0.15, 0.2) is 23.2 Å². The molecule has 7 nitrogen and oxygen atoms in total. The highest BCUT2D eigenvalue weighted by atomic mass is 19.4. The Labute approximate surface area is 158 Å². The van der Waals surface area contributed by atoms with Crippen molar-refractivity contribution in [3.63, 3.8) is 0 Å². The van der Waals surface area contributed by atoms with Crippen LogP contribution in [0.15, 0.2) is 24.3 Å². The molecular formula is C18H19F3N4O3. The molecule has 2 atom stereocenters. The number of nitrogens with zero attached hydrogens (tertiary/aromatic N) is 2. The fourth-order valence-electron chi connectivity index (χ4n) is 3.36. The number of carbonyl (C=O) groups excluding carboxylic acids is 1. The smallest absolute Gasteiger partial charge is 0.410 e. The Bertz CT molecular complexity index is 897. The van der Waals surface area contributed by atoms with E-state index in [4.69, 9.17) is 9.47 Å². The number of benzene rings is 1. The number of anilines is 1. The van der Waals surface area contributed by atoms with Gasteiger partial charge in [-0.25, -0.2) is 4.68 Å². The molecule has 2 aliphatic heterocycles. The van der Waals surface area contributed by atoms with Gasteiger partial charge in [-0.2, -0.15) is 18.3 Å². The quantitative estimate of drug-likeness (QED) is 0.828. The van der Waals surface area contributed by atoms with E-state index in [1.807, 2.05) is 6.92 Å². The lowest BCUT2D eigenvalue weighted by molar-refractivity contribution is -0.173. The second-order valence-electron chi connectivity index (χ2n) is 6.72. The highest BCUT2D eigenvalue weighted by Crippen LogP contribution is 2.45. The number of alkyl halides is 3. The topological polar surface area (TPSA) is 77.4 Å². The van der Waals surface area contributed by atoms with Crippen molar-refractivity contribution in [2.24, 2.45) is 0 Å². The molecule has 2 aromatic rings. The first-order chi connectivity index (χ1) is 13.4. The van der Waals surface area contributed by atoms with Gasteiger partial charge in [0.1, 0.15) is 5.82 Å². The molecule has 0 radical (unpaired) electrons. The van der Waals surface area contributed by atoms with Crippen molar-refractivity contribution >= 4 is 11.7 Å². The van der Waals surface area contributed by atoms with E-state index in [-0.39, 0.29) is 24.7 Å².